The van der Waals surface area contributed by atoms with Gasteiger partial charge in [-0.1, -0.05) is 41.0 Å². The first-order valence-corrected chi connectivity index (χ1v) is 8.38. The van der Waals surface area contributed by atoms with Gasteiger partial charge in [-0.05, 0) is 58.8 Å². The zero-order valence-electron chi connectivity index (χ0n) is 13.6. The third kappa shape index (κ3) is 3.08. The lowest BCUT2D eigenvalue weighted by Crippen LogP contribution is -2.20. The zero-order chi connectivity index (χ0) is 17.2. The number of aromatic nitrogens is 4. The van der Waals surface area contributed by atoms with E-state index < -0.39 is 0 Å². The average Bonchev–Trinajstić information content (AvgIpc) is 3.11. The molecule has 0 unspecified atom stereocenters. The fourth-order valence-electron chi connectivity index (χ4n) is 2.82. The van der Waals surface area contributed by atoms with Crippen LogP contribution in [0, 0.1) is 0 Å². The Bertz CT molecular complexity index is 902. The molecule has 0 aliphatic carbocycles. The molecule has 2 heterocycles. The monoisotopic (exact) mass is 353 g/mol. The third-order valence-electron chi connectivity index (χ3n) is 4.02. The minimum absolute atomic E-state index is 0.104. The van der Waals surface area contributed by atoms with Crippen LogP contribution in [0.4, 0.5) is 5.95 Å². The number of hydrogen-bond acceptors (Lipinski definition) is 5. The third-order valence-corrected chi connectivity index (χ3v) is 4.27. The van der Waals surface area contributed by atoms with E-state index in [2.05, 4.69) is 26.9 Å². The van der Waals surface area contributed by atoms with E-state index in [4.69, 9.17) is 16.3 Å². The van der Waals surface area contributed by atoms with Crippen molar-refractivity contribution in [3.8, 4) is 5.75 Å². The molecule has 1 aliphatic heterocycles. The van der Waals surface area contributed by atoms with Gasteiger partial charge >= 0.3 is 0 Å². The van der Waals surface area contributed by atoms with Crippen LogP contribution in [0.15, 0.2) is 54.6 Å². The Morgan fingerprint density at radius 2 is 1.88 bits per heavy atom. The molecule has 0 spiro atoms. The highest BCUT2D eigenvalue weighted by atomic mass is 35.5. The number of ether oxygens (including phenoxy) is 1. The van der Waals surface area contributed by atoms with E-state index >= 15 is 0 Å². The molecule has 0 saturated carbocycles. The molecule has 126 valence electrons. The number of allylic oxidation sites excluding steroid dienone is 1. The first-order valence-electron chi connectivity index (χ1n) is 8.00. The van der Waals surface area contributed by atoms with E-state index in [1.807, 2.05) is 55.5 Å². The van der Waals surface area contributed by atoms with Crippen LogP contribution in [0.5, 0.6) is 5.75 Å². The number of hydrogen-bond donors (Lipinski definition) is 1. The molecule has 0 saturated heterocycles. The van der Waals surface area contributed by atoms with Crippen LogP contribution >= 0.6 is 11.6 Å². The largest absolute Gasteiger partial charge is 0.494 e. The number of nitrogens with zero attached hydrogens (tertiary/aromatic N) is 4. The van der Waals surface area contributed by atoms with Crippen LogP contribution in [-0.4, -0.2) is 26.8 Å². The Kier molecular flexibility index (Phi) is 4.11. The van der Waals surface area contributed by atoms with Crippen molar-refractivity contribution in [2.75, 3.05) is 11.9 Å². The van der Waals surface area contributed by atoms with Crippen molar-refractivity contribution >= 4 is 23.2 Å². The van der Waals surface area contributed by atoms with Crippen LogP contribution < -0.4 is 10.1 Å². The fourth-order valence-corrected chi connectivity index (χ4v) is 2.94. The SMILES string of the molecule is CCOc1ccc([C@@H]2C=C(c3ccc(Cl)cc3)Nc3nnnn32)cc1. The summed E-state index contributed by atoms with van der Waals surface area (Å²) in [4.78, 5) is 0. The number of nitrogens with one attached hydrogen (secondary N) is 1. The Labute approximate surface area is 150 Å². The highest BCUT2D eigenvalue weighted by molar-refractivity contribution is 6.30. The van der Waals surface area contributed by atoms with Crippen LogP contribution in [0.3, 0.4) is 0 Å². The van der Waals surface area contributed by atoms with Crippen molar-refractivity contribution < 1.29 is 4.74 Å². The number of rotatable bonds is 4. The van der Waals surface area contributed by atoms with E-state index in [0.717, 1.165) is 22.6 Å². The van der Waals surface area contributed by atoms with Crippen LogP contribution in [0.1, 0.15) is 24.1 Å². The second-order valence-electron chi connectivity index (χ2n) is 5.61. The number of anilines is 1. The number of halogens is 1. The maximum absolute atomic E-state index is 5.99. The molecule has 1 aromatic heterocycles. The number of tetrazole rings is 1. The topological polar surface area (TPSA) is 64.9 Å². The van der Waals surface area contributed by atoms with Gasteiger partial charge in [0.2, 0.25) is 5.95 Å². The lowest BCUT2D eigenvalue weighted by molar-refractivity contribution is 0.340. The van der Waals surface area contributed by atoms with Crippen molar-refractivity contribution in [3.63, 3.8) is 0 Å². The summed E-state index contributed by atoms with van der Waals surface area (Å²) in [5, 5.41) is 15.9. The highest BCUT2D eigenvalue weighted by Crippen LogP contribution is 2.32. The number of benzene rings is 2. The molecule has 1 aliphatic rings. The molecule has 6 nitrogen and oxygen atoms in total. The Morgan fingerprint density at radius 3 is 2.60 bits per heavy atom. The van der Waals surface area contributed by atoms with Gasteiger partial charge in [0.05, 0.1) is 6.61 Å². The Morgan fingerprint density at radius 1 is 1.12 bits per heavy atom. The lowest BCUT2D eigenvalue weighted by Gasteiger charge is -2.23. The van der Waals surface area contributed by atoms with E-state index in [-0.39, 0.29) is 6.04 Å². The maximum atomic E-state index is 5.99. The summed E-state index contributed by atoms with van der Waals surface area (Å²) >= 11 is 5.99. The first kappa shape index (κ1) is 15.7. The van der Waals surface area contributed by atoms with Crippen molar-refractivity contribution in [1.29, 1.82) is 0 Å². The maximum Gasteiger partial charge on any atom is 0.248 e. The van der Waals surface area contributed by atoms with Crippen LogP contribution in [0.2, 0.25) is 5.02 Å². The summed E-state index contributed by atoms with van der Waals surface area (Å²) in [5.74, 6) is 1.45. The van der Waals surface area contributed by atoms with Gasteiger partial charge < -0.3 is 10.1 Å². The predicted octanol–water partition coefficient (Wildman–Crippen LogP) is 3.78. The minimum atomic E-state index is -0.104. The Hall–Kier alpha value is -2.86. The summed E-state index contributed by atoms with van der Waals surface area (Å²) in [7, 11) is 0. The first-order chi connectivity index (χ1) is 12.2. The molecule has 0 radical (unpaired) electrons. The summed E-state index contributed by atoms with van der Waals surface area (Å²) in [6.45, 7) is 2.61. The smallest absolute Gasteiger partial charge is 0.248 e. The standard InChI is InChI=1S/C18H16ClN5O/c1-2-25-15-9-5-13(6-10-15)17-11-16(12-3-7-14(19)8-4-12)20-18-21-22-23-24(17)18/h3-11,17H,2H2,1H3,(H,20,21,23)/t17-/m0/s1. The molecule has 25 heavy (non-hydrogen) atoms. The van der Waals surface area contributed by atoms with Crippen molar-refractivity contribution in [2.45, 2.75) is 13.0 Å². The number of fused-ring (bicyclic) bond motifs is 1. The fraction of sp³-hybridized carbons (Fsp3) is 0.167. The molecular weight excluding hydrogens is 338 g/mol. The van der Waals surface area contributed by atoms with Gasteiger partial charge in [0, 0.05) is 10.7 Å². The Balaban J connectivity index is 1.73. The van der Waals surface area contributed by atoms with E-state index in [9.17, 15) is 0 Å². The van der Waals surface area contributed by atoms with Gasteiger partial charge in [0.25, 0.3) is 0 Å². The normalized spacial score (nSPS) is 15.9. The molecular formula is C18H16ClN5O. The van der Waals surface area contributed by atoms with Crippen molar-refractivity contribution in [3.05, 3.63) is 70.8 Å². The van der Waals surface area contributed by atoms with E-state index in [1.54, 1.807) is 4.68 Å². The van der Waals surface area contributed by atoms with Gasteiger partial charge in [-0.15, -0.1) is 0 Å². The van der Waals surface area contributed by atoms with Crippen molar-refractivity contribution in [1.82, 2.24) is 20.2 Å². The summed E-state index contributed by atoms with van der Waals surface area (Å²) in [5.41, 5.74) is 3.04. The second kappa shape index (κ2) is 6.57. The minimum Gasteiger partial charge on any atom is -0.494 e. The van der Waals surface area contributed by atoms with Crippen molar-refractivity contribution in [2.24, 2.45) is 0 Å². The zero-order valence-corrected chi connectivity index (χ0v) is 14.3. The molecule has 2 aromatic carbocycles. The summed E-state index contributed by atoms with van der Waals surface area (Å²) in [6, 6.07) is 15.5. The van der Waals surface area contributed by atoms with E-state index in [1.165, 1.54) is 0 Å². The molecule has 0 amide bonds. The van der Waals surface area contributed by atoms with Gasteiger partial charge in [-0.3, -0.25) is 0 Å². The average molecular weight is 354 g/mol. The van der Waals surface area contributed by atoms with Gasteiger partial charge in [0.1, 0.15) is 11.8 Å². The molecule has 0 fully saturated rings. The summed E-state index contributed by atoms with van der Waals surface area (Å²) < 4.78 is 7.28. The quantitative estimate of drug-likeness (QED) is 0.773. The lowest BCUT2D eigenvalue weighted by atomic mass is 10.0. The molecule has 0 bridgehead atoms. The molecule has 1 atom stereocenters. The second-order valence-corrected chi connectivity index (χ2v) is 6.04. The van der Waals surface area contributed by atoms with Crippen LogP contribution in [-0.2, 0) is 0 Å². The predicted molar refractivity (Wildman–Crippen MR) is 96.6 cm³/mol. The molecule has 7 heteroatoms. The molecule has 1 N–H and O–H groups in total. The van der Waals surface area contributed by atoms with E-state index in [0.29, 0.717) is 17.6 Å². The van der Waals surface area contributed by atoms with Gasteiger partial charge in [0.15, 0.2) is 0 Å². The van der Waals surface area contributed by atoms with Gasteiger partial charge in [-0.25, -0.2) is 0 Å². The molecule has 4 rings (SSSR count). The van der Waals surface area contributed by atoms with Crippen LogP contribution in [0.25, 0.3) is 5.70 Å². The highest BCUT2D eigenvalue weighted by Gasteiger charge is 2.24. The molecule has 3 aromatic rings. The van der Waals surface area contributed by atoms with Gasteiger partial charge in [-0.2, -0.15) is 4.68 Å². The summed E-state index contributed by atoms with van der Waals surface area (Å²) in [6.07, 6.45) is 2.10.